The van der Waals surface area contributed by atoms with Crippen LogP contribution in [0.4, 0.5) is 5.69 Å². The summed E-state index contributed by atoms with van der Waals surface area (Å²) in [4.78, 5) is 13.8. The summed E-state index contributed by atoms with van der Waals surface area (Å²) in [7, 11) is 1.77. The van der Waals surface area contributed by atoms with Gasteiger partial charge in [0.05, 0.1) is 10.6 Å². The fourth-order valence-corrected chi connectivity index (χ4v) is 1.89. The summed E-state index contributed by atoms with van der Waals surface area (Å²) in [5.41, 5.74) is 6.72. The topological polar surface area (TPSA) is 46.3 Å². The number of nitrogen functional groups attached to an aromatic ring is 1. The van der Waals surface area contributed by atoms with Gasteiger partial charge in [0.25, 0.3) is 5.91 Å². The van der Waals surface area contributed by atoms with Crippen LogP contribution in [0.5, 0.6) is 0 Å². The molecule has 0 aliphatic heterocycles. The molecule has 0 aromatic heterocycles. The highest BCUT2D eigenvalue weighted by molar-refractivity contribution is 6.33. The van der Waals surface area contributed by atoms with Gasteiger partial charge in [-0.3, -0.25) is 4.79 Å². The van der Waals surface area contributed by atoms with Gasteiger partial charge >= 0.3 is 0 Å². The number of halogens is 1. The molecular weight excluding hydrogens is 236 g/mol. The second-order valence-electron chi connectivity index (χ2n) is 5.46. The first kappa shape index (κ1) is 13.8. The Morgan fingerprint density at radius 2 is 2.00 bits per heavy atom. The molecule has 0 bridgehead atoms. The van der Waals surface area contributed by atoms with Gasteiger partial charge in [0.1, 0.15) is 0 Å². The van der Waals surface area contributed by atoms with Crippen molar-refractivity contribution in [3.63, 3.8) is 0 Å². The van der Waals surface area contributed by atoms with Crippen LogP contribution in [-0.4, -0.2) is 24.4 Å². The number of carbonyl (C=O) groups excluding carboxylic acids is 1. The first-order valence-corrected chi connectivity index (χ1v) is 5.89. The molecule has 0 radical (unpaired) electrons. The second-order valence-corrected chi connectivity index (χ2v) is 5.87. The summed E-state index contributed by atoms with van der Waals surface area (Å²) in [6, 6.07) is 4.95. The molecule has 0 saturated heterocycles. The fraction of sp³-hybridized carbons (Fsp3) is 0.462. The van der Waals surface area contributed by atoms with E-state index in [0.29, 0.717) is 22.8 Å². The van der Waals surface area contributed by atoms with E-state index in [1.165, 1.54) is 0 Å². The highest BCUT2D eigenvalue weighted by atomic mass is 35.5. The Hall–Kier alpha value is -1.22. The largest absolute Gasteiger partial charge is 0.399 e. The SMILES string of the molecule is CN(CC(C)(C)C)C(=O)c1cc(N)ccc1Cl. The summed E-state index contributed by atoms with van der Waals surface area (Å²) in [6.07, 6.45) is 0. The molecule has 0 fully saturated rings. The van der Waals surface area contributed by atoms with Gasteiger partial charge < -0.3 is 10.6 Å². The van der Waals surface area contributed by atoms with Gasteiger partial charge in [-0.05, 0) is 23.6 Å². The predicted octanol–water partition coefficient (Wildman–Crippen LogP) is 3.04. The van der Waals surface area contributed by atoms with Crippen molar-refractivity contribution in [2.24, 2.45) is 5.41 Å². The zero-order valence-corrected chi connectivity index (χ0v) is 11.5. The Balaban J connectivity index is 2.93. The van der Waals surface area contributed by atoms with Crippen molar-refractivity contribution < 1.29 is 4.79 Å². The summed E-state index contributed by atoms with van der Waals surface area (Å²) in [5, 5.41) is 0.435. The van der Waals surface area contributed by atoms with Gasteiger partial charge in [-0.2, -0.15) is 0 Å². The van der Waals surface area contributed by atoms with Gasteiger partial charge in [0.2, 0.25) is 0 Å². The molecule has 0 aliphatic rings. The Kier molecular flexibility index (Phi) is 4.04. The molecule has 2 N–H and O–H groups in total. The van der Waals surface area contributed by atoms with Crippen molar-refractivity contribution in [3.05, 3.63) is 28.8 Å². The van der Waals surface area contributed by atoms with Crippen molar-refractivity contribution in [3.8, 4) is 0 Å². The smallest absolute Gasteiger partial charge is 0.255 e. The average Bonchev–Trinajstić information content (AvgIpc) is 2.18. The normalized spacial score (nSPS) is 11.4. The summed E-state index contributed by atoms with van der Waals surface area (Å²) in [6.45, 7) is 6.91. The molecule has 17 heavy (non-hydrogen) atoms. The summed E-state index contributed by atoms with van der Waals surface area (Å²) >= 11 is 6.00. The van der Waals surface area contributed by atoms with Crippen molar-refractivity contribution in [1.29, 1.82) is 0 Å². The van der Waals surface area contributed by atoms with Crippen molar-refractivity contribution >= 4 is 23.2 Å². The van der Waals surface area contributed by atoms with Crippen molar-refractivity contribution in [2.75, 3.05) is 19.3 Å². The number of nitrogens with two attached hydrogens (primary N) is 1. The van der Waals surface area contributed by atoms with Crippen LogP contribution in [0.25, 0.3) is 0 Å². The van der Waals surface area contributed by atoms with Gasteiger partial charge in [0.15, 0.2) is 0 Å². The minimum Gasteiger partial charge on any atom is -0.399 e. The Morgan fingerprint density at radius 1 is 1.41 bits per heavy atom. The summed E-state index contributed by atoms with van der Waals surface area (Å²) in [5.74, 6) is -0.0998. The fourth-order valence-electron chi connectivity index (χ4n) is 1.70. The zero-order chi connectivity index (χ0) is 13.2. The lowest BCUT2D eigenvalue weighted by atomic mass is 9.96. The molecule has 1 amide bonds. The van der Waals surface area contributed by atoms with E-state index in [2.05, 4.69) is 20.8 Å². The quantitative estimate of drug-likeness (QED) is 0.825. The van der Waals surface area contributed by atoms with Gasteiger partial charge in [-0.1, -0.05) is 32.4 Å². The standard InChI is InChI=1S/C13H19ClN2O/c1-13(2,3)8-16(4)12(17)10-7-9(15)5-6-11(10)14/h5-7H,8,15H2,1-4H3. The number of hydrogen-bond donors (Lipinski definition) is 1. The van der Waals surface area contributed by atoms with E-state index in [-0.39, 0.29) is 11.3 Å². The molecule has 0 heterocycles. The third-order valence-electron chi connectivity index (χ3n) is 2.28. The minimum absolute atomic E-state index is 0.0528. The molecule has 0 aliphatic carbocycles. The molecule has 1 aromatic rings. The van der Waals surface area contributed by atoms with Gasteiger partial charge in [-0.15, -0.1) is 0 Å². The number of anilines is 1. The number of benzene rings is 1. The lowest BCUT2D eigenvalue weighted by molar-refractivity contribution is 0.0746. The van der Waals surface area contributed by atoms with Crippen LogP contribution in [0.1, 0.15) is 31.1 Å². The zero-order valence-electron chi connectivity index (χ0n) is 10.7. The maximum Gasteiger partial charge on any atom is 0.255 e. The van der Waals surface area contributed by atoms with Gasteiger partial charge in [0, 0.05) is 19.3 Å². The van der Waals surface area contributed by atoms with Crippen LogP contribution in [0.15, 0.2) is 18.2 Å². The molecule has 0 unspecified atom stereocenters. The molecule has 0 saturated carbocycles. The van der Waals surface area contributed by atoms with Gasteiger partial charge in [-0.25, -0.2) is 0 Å². The highest BCUT2D eigenvalue weighted by Gasteiger charge is 2.20. The first-order valence-electron chi connectivity index (χ1n) is 5.51. The number of nitrogens with zero attached hydrogens (tertiary/aromatic N) is 1. The van der Waals surface area contributed by atoms with E-state index in [0.717, 1.165) is 0 Å². The Labute approximate surface area is 108 Å². The maximum absolute atomic E-state index is 12.2. The molecule has 0 spiro atoms. The molecule has 4 heteroatoms. The maximum atomic E-state index is 12.2. The average molecular weight is 255 g/mol. The van der Waals surface area contributed by atoms with E-state index in [9.17, 15) is 4.79 Å². The van der Waals surface area contributed by atoms with E-state index in [4.69, 9.17) is 17.3 Å². The first-order chi connectivity index (χ1) is 7.70. The third kappa shape index (κ3) is 3.93. The van der Waals surface area contributed by atoms with Crippen molar-refractivity contribution in [2.45, 2.75) is 20.8 Å². The van der Waals surface area contributed by atoms with Crippen molar-refractivity contribution in [1.82, 2.24) is 4.90 Å². The molecule has 94 valence electrons. The van der Waals surface area contributed by atoms with Crippen LogP contribution in [-0.2, 0) is 0 Å². The highest BCUT2D eigenvalue weighted by Crippen LogP contribution is 2.22. The second kappa shape index (κ2) is 4.96. The van der Waals surface area contributed by atoms with E-state index >= 15 is 0 Å². The van der Waals surface area contributed by atoms with Crippen LogP contribution < -0.4 is 5.73 Å². The monoisotopic (exact) mass is 254 g/mol. The van der Waals surface area contributed by atoms with Crippen LogP contribution >= 0.6 is 11.6 Å². The van der Waals surface area contributed by atoms with E-state index < -0.39 is 0 Å². The van der Waals surface area contributed by atoms with Crippen LogP contribution in [0.3, 0.4) is 0 Å². The third-order valence-corrected chi connectivity index (χ3v) is 2.61. The predicted molar refractivity (Wildman–Crippen MR) is 72.3 cm³/mol. The molecular formula is C13H19ClN2O. The Bertz CT molecular complexity index is 424. The minimum atomic E-state index is -0.0998. The Morgan fingerprint density at radius 3 is 2.53 bits per heavy atom. The van der Waals surface area contributed by atoms with E-state index in [1.807, 2.05) is 0 Å². The molecule has 0 atom stereocenters. The summed E-state index contributed by atoms with van der Waals surface area (Å²) < 4.78 is 0. The molecule has 1 aromatic carbocycles. The molecule has 3 nitrogen and oxygen atoms in total. The van der Waals surface area contributed by atoms with Crippen LogP contribution in [0, 0.1) is 5.41 Å². The number of hydrogen-bond acceptors (Lipinski definition) is 2. The lowest BCUT2D eigenvalue weighted by Crippen LogP contribution is -2.34. The number of carbonyl (C=O) groups is 1. The number of amides is 1. The van der Waals surface area contributed by atoms with Crippen LogP contribution in [0.2, 0.25) is 5.02 Å². The lowest BCUT2D eigenvalue weighted by Gasteiger charge is -2.27. The molecule has 1 rings (SSSR count). The number of rotatable bonds is 2. The van der Waals surface area contributed by atoms with E-state index in [1.54, 1.807) is 30.1 Å².